The molecule has 1 heterocycles. The molecule has 1 rings (SSSR count). The van der Waals surface area contributed by atoms with E-state index in [-0.39, 0.29) is 6.61 Å². The highest BCUT2D eigenvalue weighted by atomic mass is 35.5. The van der Waals surface area contributed by atoms with Crippen LogP contribution in [-0.2, 0) is 12.5 Å². The third kappa shape index (κ3) is 1.64. The Bertz CT molecular complexity index is 170. The van der Waals surface area contributed by atoms with Gasteiger partial charge in [0, 0.05) is 5.38 Å². The van der Waals surface area contributed by atoms with Crippen LogP contribution in [-0.4, -0.2) is 10.1 Å². The maximum absolute atomic E-state index is 8.55. The van der Waals surface area contributed by atoms with E-state index in [2.05, 4.69) is 4.98 Å². The van der Waals surface area contributed by atoms with Crippen LogP contribution in [0.2, 0.25) is 0 Å². The van der Waals surface area contributed by atoms with Crippen molar-refractivity contribution in [2.45, 2.75) is 12.5 Å². The quantitative estimate of drug-likeness (QED) is 0.669. The van der Waals surface area contributed by atoms with Crippen molar-refractivity contribution in [1.29, 1.82) is 0 Å². The van der Waals surface area contributed by atoms with E-state index in [0.29, 0.717) is 11.6 Å². The van der Waals surface area contributed by atoms with Crippen LogP contribution >= 0.6 is 22.9 Å². The van der Waals surface area contributed by atoms with E-state index in [1.807, 2.05) is 0 Å². The van der Waals surface area contributed by atoms with Crippen LogP contribution in [0.15, 0.2) is 5.38 Å². The number of rotatable bonds is 2. The van der Waals surface area contributed by atoms with Crippen LogP contribution in [0.1, 0.15) is 10.7 Å². The fourth-order valence-corrected chi connectivity index (χ4v) is 1.36. The lowest BCUT2D eigenvalue weighted by Gasteiger charge is -1.82. The molecule has 0 aliphatic rings. The van der Waals surface area contributed by atoms with Crippen molar-refractivity contribution < 1.29 is 5.11 Å². The fraction of sp³-hybridized carbons (Fsp3) is 0.400. The van der Waals surface area contributed by atoms with E-state index in [1.54, 1.807) is 5.38 Å². The number of aliphatic hydroxyl groups excluding tert-OH is 1. The lowest BCUT2D eigenvalue weighted by molar-refractivity contribution is 0.277. The first-order chi connectivity index (χ1) is 4.36. The van der Waals surface area contributed by atoms with Crippen molar-refractivity contribution in [3.8, 4) is 0 Å². The third-order valence-electron chi connectivity index (χ3n) is 0.876. The molecule has 0 saturated heterocycles. The number of hydrogen-bond donors (Lipinski definition) is 1. The molecule has 2 nitrogen and oxygen atoms in total. The van der Waals surface area contributed by atoms with Gasteiger partial charge in [0.15, 0.2) is 0 Å². The Labute approximate surface area is 62.1 Å². The number of nitrogens with zero attached hydrogens (tertiary/aromatic N) is 1. The first-order valence-corrected chi connectivity index (χ1v) is 3.88. The van der Waals surface area contributed by atoms with Crippen molar-refractivity contribution in [3.05, 3.63) is 16.1 Å². The molecule has 0 aliphatic carbocycles. The molecule has 0 amide bonds. The number of aromatic nitrogens is 1. The number of halogens is 1. The molecular formula is C5H6ClNOS. The van der Waals surface area contributed by atoms with Crippen LogP contribution in [0.4, 0.5) is 0 Å². The smallest absolute Gasteiger partial charge is 0.108 e. The number of aliphatic hydroxyl groups is 1. The van der Waals surface area contributed by atoms with Crippen molar-refractivity contribution in [2.75, 3.05) is 0 Å². The van der Waals surface area contributed by atoms with E-state index in [9.17, 15) is 0 Å². The average Bonchev–Trinajstić information content (AvgIpc) is 2.34. The molecule has 0 saturated carbocycles. The van der Waals surface area contributed by atoms with Crippen molar-refractivity contribution in [1.82, 2.24) is 4.98 Å². The summed E-state index contributed by atoms with van der Waals surface area (Å²) < 4.78 is 0. The molecule has 0 bridgehead atoms. The minimum Gasteiger partial charge on any atom is -0.390 e. The zero-order valence-corrected chi connectivity index (χ0v) is 6.24. The van der Waals surface area contributed by atoms with Gasteiger partial charge in [0.2, 0.25) is 0 Å². The molecule has 1 aromatic heterocycles. The van der Waals surface area contributed by atoms with Crippen molar-refractivity contribution in [2.24, 2.45) is 0 Å². The highest BCUT2D eigenvalue weighted by molar-refractivity contribution is 7.09. The predicted octanol–water partition coefficient (Wildman–Crippen LogP) is 1.37. The predicted molar refractivity (Wildman–Crippen MR) is 37.6 cm³/mol. The van der Waals surface area contributed by atoms with E-state index < -0.39 is 0 Å². The second-order valence-electron chi connectivity index (χ2n) is 1.52. The highest BCUT2D eigenvalue weighted by Gasteiger charge is 1.96. The summed E-state index contributed by atoms with van der Waals surface area (Å²) >= 11 is 6.93. The summed E-state index contributed by atoms with van der Waals surface area (Å²) in [7, 11) is 0. The highest BCUT2D eigenvalue weighted by Crippen LogP contribution is 2.11. The summed E-state index contributed by atoms with van der Waals surface area (Å²) in [4.78, 5) is 3.98. The van der Waals surface area contributed by atoms with E-state index >= 15 is 0 Å². The number of thiazole rings is 1. The molecule has 0 unspecified atom stereocenters. The molecule has 0 radical (unpaired) electrons. The normalized spacial score (nSPS) is 10.0. The maximum atomic E-state index is 8.55. The minimum atomic E-state index is 0.00733. The minimum absolute atomic E-state index is 0.00733. The fourth-order valence-electron chi connectivity index (χ4n) is 0.483. The standard InChI is InChI=1S/C5H6ClNOS/c6-1-5-7-4(2-8)3-9-5/h3,8H,1-2H2. The van der Waals surface area contributed by atoms with Crippen LogP contribution in [0, 0.1) is 0 Å². The Morgan fingerprint density at radius 3 is 2.89 bits per heavy atom. The van der Waals surface area contributed by atoms with Gasteiger partial charge in [-0.3, -0.25) is 0 Å². The Balaban J connectivity index is 2.74. The second kappa shape index (κ2) is 3.15. The number of hydrogen-bond acceptors (Lipinski definition) is 3. The molecule has 1 N–H and O–H groups in total. The molecule has 0 aliphatic heterocycles. The monoisotopic (exact) mass is 163 g/mol. The first-order valence-electron chi connectivity index (χ1n) is 2.47. The first kappa shape index (κ1) is 6.99. The van der Waals surface area contributed by atoms with E-state index in [0.717, 1.165) is 5.01 Å². The summed E-state index contributed by atoms with van der Waals surface area (Å²) in [5, 5.41) is 11.2. The lowest BCUT2D eigenvalue weighted by atomic mass is 10.5. The summed E-state index contributed by atoms with van der Waals surface area (Å²) in [6.07, 6.45) is 0. The molecule has 0 fully saturated rings. The zero-order chi connectivity index (χ0) is 6.69. The largest absolute Gasteiger partial charge is 0.390 e. The molecule has 0 spiro atoms. The van der Waals surface area contributed by atoms with Gasteiger partial charge in [-0.05, 0) is 0 Å². The van der Waals surface area contributed by atoms with Crippen molar-refractivity contribution >= 4 is 22.9 Å². The molecule has 0 aromatic carbocycles. The molecular weight excluding hydrogens is 158 g/mol. The molecule has 1 aromatic rings. The summed E-state index contributed by atoms with van der Waals surface area (Å²) in [5.74, 6) is 0.435. The maximum Gasteiger partial charge on any atom is 0.108 e. The topological polar surface area (TPSA) is 33.1 Å². The van der Waals surface area contributed by atoms with Gasteiger partial charge in [0.05, 0.1) is 18.2 Å². The molecule has 50 valence electrons. The van der Waals surface area contributed by atoms with Gasteiger partial charge < -0.3 is 5.11 Å². The van der Waals surface area contributed by atoms with Gasteiger partial charge in [-0.2, -0.15) is 0 Å². The lowest BCUT2D eigenvalue weighted by Crippen LogP contribution is -1.82. The summed E-state index contributed by atoms with van der Waals surface area (Å²) in [5.41, 5.74) is 0.704. The van der Waals surface area contributed by atoms with E-state index in [1.165, 1.54) is 11.3 Å². The summed E-state index contributed by atoms with van der Waals surface area (Å²) in [6.45, 7) is 0.00733. The summed E-state index contributed by atoms with van der Waals surface area (Å²) in [6, 6.07) is 0. The third-order valence-corrected chi connectivity index (χ3v) is 2.18. The zero-order valence-electron chi connectivity index (χ0n) is 4.67. The van der Waals surface area contributed by atoms with Gasteiger partial charge in [-0.1, -0.05) is 0 Å². The van der Waals surface area contributed by atoms with Gasteiger partial charge in [0.25, 0.3) is 0 Å². The van der Waals surface area contributed by atoms with Gasteiger partial charge in [-0.25, -0.2) is 4.98 Å². The van der Waals surface area contributed by atoms with Gasteiger partial charge in [0.1, 0.15) is 5.01 Å². The molecule has 9 heavy (non-hydrogen) atoms. The Hall–Kier alpha value is -0.120. The van der Waals surface area contributed by atoms with Crippen LogP contribution in [0.3, 0.4) is 0 Å². The van der Waals surface area contributed by atoms with Gasteiger partial charge >= 0.3 is 0 Å². The Kier molecular flexibility index (Phi) is 2.45. The molecule has 4 heteroatoms. The SMILES string of the molecule is OCc1csc(CCl)n1. The Morgan fingerprint density at radius 2 is 2.56 bits per heavy atom. The average molecular weight is 164 g/mol. The Morgan fingerprint density at radius 1 is 1.78 bits per heavy atom. The van der Waals surface area contributed by atoms with Crippen LogP contribution in [0.25, 0.3) is 0 Å². The second-order valence-corrected chi connectivity index (χ2v) is 2.73. The van der Waals surface area contributed by atoms with E-state index in [4.69, 9.17) is 16.7 Å². The van der Waals surface area contributed by atoms with Crippen LogP contribution in [0.5, 0.6) is 0 Å². The van der Waals surface area contributed by atoms with Crippen molar-refractivity contribution in [3.63, 3.8) is 0 Å². The van der Waals surface area contributed by atoms with Crippen LogP contribution < -0.4 is 0 Å². The number of alkyl halides is 1. The van der Waals surface area contributed by atoms with Gasteiger partial charge in [-0.15, -0.1) is 22.9 Å². The molecule has 0 atom stereocenters.